The number of nitrogens with zero attached hydrogens (tertiary/aromatic N) is 2. The van der Waals surface area contributed by atoms with E-state index in [9.17, 15) is 4.39 Å². The minimum atomic E-state index is -0.382. The topological polar surface area (TPSA) is 17.8 Å². The second-order valence-corrected chi connectivity index (χ2v) is 3.76. The Hall–Kier alpha value is -1.35. The Balaban J connectivity index is 2.25. The summed E-state index contributed by atoms with van der Waals surface area (Å²) in [6.07, 6.45) is 3.59. The van der Waals surface area contributed by atoms with Gasteiger partial charge in [0, 0.05) is 18.9 Å². The molecule has 0 aliphatic carbocycles. The van der Waals surface area contributed by atoms with Gasteiger partial charge in [0.05, 0.1) is 5.02 Å². The van der Waals surface area contributed by atoms with Gasteiger partial charge < -0.3 is 4.57 Å². The lowest BCUT2D eigenvalue weighted by Gasteiger charge is -2.05. The van der Waals surface area contributed by atoms with Gasteiger partial charge in [-0.15, -0.1) is 0 Å². The van der Waals surface area contributed by atoms with Gasteiger partial charge in [0.2, 0.25) is 0 Å². The molecular formula is C11H10ClFN2. The first kappa shape index (κ1) is 10.2. The second-order valence-electron chi connectivity index (χ2n) is 3.35. The summed E-state index contributed by atoms with van der Waals surface area (Å²) in [6, 6.07) is 4.82. The summed E-state index contributed by atoms with van der Waals surface area (Å²) < 4.78 is 15.1. The monoisotopic (exact) mass is 224 g/mol. The molecule has 0 aliphatic heterocycles. The number of imidazole rings is 1. The Kier molecular flexibility index (Phi) is 2.73. The fourth-order valence-electron chi connectivity index (χ4n) is 1.41. The van der Waals surface area contributed by atoms with E-state index in [1.807, 2.05) is 23.8 Å². The Morgan fingerprint density at radius 2 is 2.27 bits per heavy atom. The highest BCUT2D eigenvalue weighted by Crippen LogP contribution is 2.16. The lowest BCUT2D eigenvalue weighted by molar-refractivity contribution is 0.623. The van der Waals surface area contributed by atoms with Gasteiger partial charge in [-0.1, -0.05) is 17.7 Å². The summed E-state index contributed by atoms with van der Waals surface area (Å²) in [6.45, 7) is 2.52. The van der Waals surface area contributed by atoms with Gasteiger partial charge in [-0.05, 0) is 24.6 Å². The molecule has 2 rings (SSSR count). The molecule has 2 nitrogen and oxygen atoms in total. The Morgan fingerprint density at radius 1 is 1.47 bits per heavy atom. The van der Waals surface area contributed by atoms with Crippen molar-refractivity contribution >= 4 is 11.6 Å². The van der Waals surface area contributed by atoms with E-state index in [4.69, 9.17) is 11.6 Å². The van der Waals surface area contributed by atoms with E-state index < -0.39 is 0 Å². The van der Waals surface area contributed by atoms with Crippen LogP contribution in [-0.2, 0) is 6.54 Å². The van der Waals surface area contributed by atoms with Crippen LogP contribution < -0.4 is 0 Å². The third-order valence-electron chi connectivity index (χ3n) is 2.26. The van der Waals surface area contributed by atoms with E-state index >= 15 is 0 Å². The molecule has 0 saturated heterocycles. The summed E-state index contributed by atoms with van der Waals surface area (Å²) >= 11 is 5.60. The van der Waals surface area contributed by atoms with Crippen molar-refractivity contribution in [1.82, 2.24) is 9.55 Å². The maximum atomic E-state index is 13.2. The van der Waals surface area contributed by atoms with Crippen LogP contribution in [0.25, 0.3) is 0 Å². The van der Waals surface area contributed by atoms with Crippen LogP contribution in [0, 0.1) is 12.7 Å². The number of hydrogen-bond acceptors (Lipinski definition) is 1. The quantitative estimate of drug-likeness (QED) is 0.767. The fourth-order valence-corrected chi connectivity index (χ4v) is 1.52. The van der Waals surface area contributed by atoms with E-state index in [1.165, 1.54) is 6.07 Å². The van der Waals surface area contributed by atoms with Crippen molar-refractivity contribution in [2.75, 3.05) is 0 Å². The number of rotatable bonds is 2. The van der Waals surface area contributed by atoms with Crippen LogP contribution >= 0.6 is 11.6 Å². The molecular weight excluding hydrogens is 215 g/mol. The van der Waals surface area contributed by atoms with Gasteiger partial charge in [-0.25, -0.2) is 9.37 Å². The minimum Gasteiger partial charge on any atom is -0.331 e. The molecule has 2 aromatic rings. The van der Waals surface area contributed by atoms with Gasteiger partial charge in [-0.2, -0.15) is 0 Å². The van der Waals surface area contributed by atoms with Crippen molar-refractivity contribution in [2.45, 2.75) is 13.5 Å². The van der Waals surface area contributed by atoms with Crippen LogP contribution in [0.15, 0.2) is 30.6 Å². The van der Waals surface area contributed by atoms with Crippen LogP contribution in [0.5, 0.6) is 0 Å². The molecule has 0 bridgehead atoms. The van der Waals surface area contributed by atoms with Crippen LogP contribution in [0.1, 0.15) is 11.4 Å². The number of aryl methyl sites for hydroxylation is 1. The van der Waals surface area contributed by atoms with Crippen molar-refractivity contribution < 1.29 is 4.39 Å². The predicted octanol–water partition coefficient (Wildman–Crippen LogP) is 3.03. The Morgan fingerprint density at radius 3 is 2.87 bits per heavy atom. The average Bonchev–Trinajstić information content (AvgIpc) is 2.59. The molecule has 0 radical (unpaired) electrons. The summed E-state index contributed by atoms with van der Waals surface area (Å²) in [5.74, 6) is 0.525. The van der Waals surface area contributed by atoms with Crippen LogP contribution in [0.2, 0.25) is 5.02 Å². The summed E-state index contributed by atoms with van der Waals surface area (Å²) in [4.78, 5) is 4.10. The van der Waals surface area contributed by atoms with Gasteiger partial charge in [0.25, 0.3) is 0 Å². The third-order valence-corrected chi connectivity index (χ3v) is 2.57. The predicted molar refractivity (Wildman–Crippen MR) is 57.5 cm³/mol. The van der Waals surface area contributed by atoms with Crippen molar-refractivity contribution in [3.8, 4) is 0 Å². The van der Waals surface area contributed by atoms with Crippen molar-refractivity contribution in [3.63, 3.8) is 0 Å². The zero-order chi connectivity index (χ0) is 10.8. The fraction of sp³-hybridized carbons (Fsp3) is 0.182. The van der Waals surface area contributed by atoms with Crippen LogP contribution in [0.4, 0.5) is 4.39 Å². The third kappa shape index (κ3) is 2.18. The molecule has 1 aromatic heterocycles. The average molecular weight is 225 g/mol. The van der Waals surface area contributed by atoms with Crippen LogP contribution in [-0.4, -0.2) is 9.55 Å². The van der Waals surface area contributed by atoms with Gasteiger partial charge in [0.15, 0.2) is 0 Å². The number of hydrogen-bond donors (Lipinski definition) is 0. The van der Waals surface area contributed by atoms with E-state index in [-0.39, 0.29) is 10.8 Å². The SMILES string of the molecule is Cc1nccn1Cc1ccc(Cl)c(F)c1. The number of aromatic nitrogens is 2. The largest absolute Gasteiger partial charge is 0.331 e. The highest BCUT2D eigenvalue weighted by atomic mass is 35.5. The van der Waals surface area contributed by atoms with Crippen molar-refractivity contribution in [3.05, 3.63) is 52.8 Å². The van der Waals surface area contributed by atoms with Crippen molar-refractivity contribution in [1.29, 1.82) is 0 Å². The van der Waals surface area contributed by atoms with Crippen LogP contribution in [0.3, 0.4) is 0 Å². The first-order valence-corrected chi connectivity index (χ1v) is 4.96. The molecule has 0 saturated carbocycles. The first-order chi connectivity index (χ1) is 7.16. The highest BCUT2D eigenvalue weighted by molar-refractivity contribution is 6.30. The minimum absolute atomic E-state index is 0.154. The van der Waals surface area contributed by atoms with Gasteiger partial charge in [0.1, 0.15) is 11.6 Å². The summed E-state index contributed by atoms with van der Waals surface area (Å²) in [7, 11) is 0. The maximum Gasteiger partial charge on any atom is 0.142 e. The molecule has 78 valence electrons. The Bertz CT molecular complexity index is 479. The molecule has 4 heteroatoms. The molecule has 15 heavy (non-hydrogen) atoms. The van der Waals surface area contributed by atoms with E-state index in [1.54, 1.807) is 12.3 Å². The van der Waals surface area contributed by atoms with Gasteiger partial charge >= 0.3 is 0 Å². The summed E-state index contributed by atoms with van der Waals surface area (Å²) in [5, 5.41) is 0.154. The molecule has 1 heterocycles. The molecule has 0 N–H and O–H groups in total. The molecule has 0 fully saturated rings. The number of halogens is 2. The zero-order valence-electron chi connectivity index (χ0n) is 8.24. The Labute approximate surface area is 92.3 Å². The second kappa shape index (κ2) is 4.03. The van der Waals surface area contributed by atoms with E-state index in [0.29, 0.717) is 6.54 Å². The van der Waals surface area contributed by atoms with E-state index in [0.717, 1.165) is 11.4 Å². The maximum absolute atomic E-state index is 13.2. The smallest absolute Gasteiger partial charge is 0.142 e. The first-order valence-electron chi connectivity index (χ1n) is 4.58. The highest BCUT2D eigenvalue weighted by Gasteiger charge is 2.02. The standard InChI is InChI=1S/C11H10ClFN2/c1-8-14-4-5-15(8)7-9-2-3-10(12)11(13)6-9/h2-6H,7H2,1H3. The molecule has 0 spiro atoms. The molecule has 0 unspecified atom stereocenters. The lowest BCUT2D eigenvalue weighted by Crippen LogP contribution is -2.01. The molecule has 1 aromatic carbocycles. The lowest BCUT2D eigenvalue weighted by atomic mass is 10.2. The summed E-state index contributed by atoms with van der Waals surface area (Å²) in [5.41, 5.74) is 0.873. The normalized spacial score (nSPS) is 10.6. The van der Waals surface area contributed by atoms with Gasteiger partial charge in [-0.3, -0.25) is 0 Å². The number of benzene rings is 1. The van der Waals surface area contributed by atoms with Crippen molar-refractivity contribution in [2.24, 2.45) is 0 Å². The molecule has 0 atom stereocenters. The molecule has 0 aliphatic rings. The van der Waals surface area contributed by atoms with E-state index in [2.05, 4.69) is 4.98 Å². The zero-order valence-corrected chi connectivity index (χ0v) is 9.00. The molecule has 0 amide bonds.